The van der Waals surface area contributed by atoms with Gasteiger partial charge < -0.3 is 10.6 Å². The maximum atomic E-state index is 12.5. The molecule has 5 heteroatoms. The molecule has 1 aliphatic carbocycles. The third-order valence-electron chi connectivity index (χ3n) is 5.66. The number of hydrogen-bond donors (Lipinski definition) is 1. The molecule has 0 aromatic heterocycles. The Balaban J connectivity index is 1.51. The van der Waals surface area contributed by atoms with Gasteiger partial charge in [0, 0.05) is 32.6 Å². The standard InChI is InChI=1S/C20H29N3O2/c21-20(25)19(17-8-2-1-3-9-17)23-14-12-22(13-15-23)18(24)11-10-16-6-4-5-7-16/h1-3,8-9,16,19H,4-7,10-15H2,(H2,21,25)/t19-/m0/s1. The number of nitrogens with zero attached hydrogens (tertiary/aromatic N) is 2. The molecule has 2 aliphatic rings. The van der Waals surface area contributed by atoms with Crippen molar-refractivity contribution in [3.05, 3.63) is 35.9 Å². The lowest BCUT2D eigenvalue weighted by Crippen LogP contribution is -2.51. The first kappa shape index (κ1) is 17.9. The molecule has 1 heterocycles. The monoisotopic (exact) mass is 343 g/mol. The molecule has 5 nitrogen and oxygen atoms in total. The predicted molar refractivity (Wildman–Crippen MR) is 97.7 cm³/mol. The highest BCUT2D eigenvalue weighted by molar-refractivity contribution is 5.81. The number of hydrogen-bond acceptors (Lipinski definition) is 3. The lowest BCUT2D eigenvalue weighted by molar-refractivity contribution is -0.134. The SMILES string of the molecule is NC(=O)[C@H](c1ccccc1)N1CCN(C(=O)CCC2CCCC2)CC1. The summed E-state index contributed by atoms with van der Waals surface area (Å²) < 4.78 is 0. The molecule has 2 N–H and O–H groups in total. The maximum absolute atomic E-state index is 12.5. The second kappa shape index (κ2) is 8.48. The van der Waals surface area contributed by atoms with Gasteiger partial charge in [-0.25, -0.2) is 0 Å². The second-order valence-electron chi connectivity index (χ2n) is 7.32. The summed E-state index contributed by atoms with van der Waals surface area (Å²) in [5, 5.41) is 0. The Morgan fingerprint density at radius 3 is 2.28 bits per heavy atom. The van der Waals surface area contributed by atoms with Crippen molar-refractivity contribution in [3.8, 4) is 0 Å². The highest BCUT2D eigenvalue weighted by atomic mass is 16.2. The van der Waals surface area contributed by atoms with Crippen LogP contribution in [0.3, 0.4) is 0 Å². The first-order valence-electron chi connectivity index (χ1n) is 9.51. The van der Waals surface area contributed by atoms with Crippen LogP contribution in [0.25, 0.3) is 0 Å². The van der Waals surface area contributed by atoms with Gasteiger partial charge in [0.25, 0.3) is 0 Å². The lowest BCUT2D eigenvalue weighted by atomic mass is 10.0. The highest BCUT2D eigenvalue weighted by Crippen LogP contribution is 2.29. The van der Waals surface area contributed by atoms with E-state index in [1.54, 1.807) is 0 Å². The van der Waals surface area contributed by atoms with Crippen molar-refractivity contribution in [1.82, 2.24) is 9.80 Å². The predicted octanol–water partition coefficient (Wildman–Crippen LogP) is 2.33. The molecule has 1 saturated heterocycles. The van der Waals surface area contributed by atoms with E-state index in [0.29, 0.717) is 32.6 Å². The summed E-state index contributed by atoms with van der Waals surface area (Å²) in [6.07, 6.45) is 6.93. The first-order valence-corrected chi connectivity index (χ1v) is 9.51. The molecular weight excluding hydrogens is 314 g/mol. The average Bonchev–Trinajstić information content (AvgIpc) is 3.15. The number of piperazine rings is 1. The molecule has 0 spiro atoms. The lowest BCUT2D eigenvalue weighted by Gasteiger charge is -2.38. The van der Waals surface area contributed by atoms with Gasteiger partial charge in [0.05, 0.1) is 0 Å². The van der Waals surface area contributed by atoms with E-state index in [9.17, 15) is 9.59 Å². The molecular formula is C20H29N3O2. The minimum Gasteiger partial charge on any atom is -0.368 e. The molecule has 2 amide bonds. The third-order valence-corrected chi connectivity index (χ3v) is 5.66. The largest absolute Gasteiger partial charge is 0.368 e. The molecule has 0 unspecified atom stereocenters. The summed E-state index contributed by atoms with van der Waals surface area (Å²) in [7, 11) is 0. The van der Waals surface area contributed by atoms with E-state index in [-0.39, 0.29) is 11.8 Å². The molecule has 136 valence electrons. The molecule has 3 rings (SSSR count). The van der Waals surface area contributed by atoms with E-state index in [0.717, 1.165) is 17.9 Å². The first-order chi connectivity index (χ1) is 12.1. The minimum atomic E-state index is -0.406. The number of benzene rings is 1. The molecule has 1 atom stereocenters. The number of primary amides is 1. The van der Waals surface area contributed by atoms with Crippen LogP contribution in [0.4, 0.5) is 0 Å². The van der Waals surface area contributed by atoms with Gasteiger partial charge in [0.1, 0.15) is 6.04 Å². The second-order valence-corrected chi connectivity index (χ2v) is 7.32. The number of amides is 2. The van der Waals surface area contributed by atoms with Gasteiger partial charge in [-0.1, -0.05) is 56.0 Å². The van der Waals surface area contributed by atoms with Crippen molar-refractivity contribution in [3.63, 3.8) is 0 Å². The smallest absolute Gasteiger partial charge is 0.239 e. The Morgan fingerprint density at radius 1 is 1.04 bits per heavy atom. The molecule has 1 aromatic rings. The van der Waals surface area contributed by atoms with Crippen molar-refractivity contribution in [1.29, 1.82) is 0 Å². The highest BCUT2D eigenvalue weighted by Gasteiger charge is 2.30. The van der Waals surface area contributed by atoms with E-state index in [2.05, 4.69) is 4.90 Å². The number of carbonyl (C=O) groups excluding carboxylic acids is 2. The summed E-state index contributed by atoms with van der Waals surface area (Å²) in [4.78, 5) is 28.5. The normalized spacial score (nSPS) is 20.6. The average molecular weight is 343 g/mol. The van der Waals surface area contributed by atoms with Gasteiger partial charge in [-0.3, -0.25) is 14.5 Å². The van der Waals surface area contributed by atoms with E-state index in [1.807, 2.05) is 35.2 Å². The van der Waals surface area contributed by atoms with Crippen LogP contribution in [0.5, 0.6) is 0 Å². The van der Waals surface area contributed by atoms with E-state index < -0.39 is 6.04 Å². The fourth-order valence-electron chi connectivity index (χ4n) is 4.20. The van der Waals surface area contributed by atoms with E-state index in [1.165, 1.54) is 25.7 Å². The maximum Gasteiger partial charge on any atom is 0.239 e. The molecule has 1 aromatic carbocycles. The minimum absolute atomic E-state index is 0.266. The zero-order valence-electron chi connectivity index (χ0n) is 14.9. The van der Waals surface area contributed by atoms with E-state index in [4.69, 9.17) is 5.73 Å². The van der Waals surface area contributed by atoms with Crippen LogP contribution in [0.2, 0.25) is 0 Å². The van der Waals surface area contributed by atoms with Gasteiger partial charge in [0.15, 0.2) is 0 Å². The molecule has 0 bridgehead atoms. The third kappa shape index (κ3) is 4.60. The molecule has 2 fully saturated rings. The van der Waals surface area contributed by atoms with Crippen LogP contribution in [0, 0.1) is 5.92 Å². The Morgan fingerprint density at radius 2 is 1.68 bits per heavy atom. The van der Waals surface area contributed by atoms with Crippen LogP contribution >= 0.6 is 0 Å². The van der Waals surface area contributed by atoms with Crippen molar-refractivity contribution >= 4 is 11.8 Å². The summed E-state index contributed by atoms with van der Waals surface area (Å²) >= 11 is 0. The van der Waals surface area contributed by atoms with Gasteiger partial charge in [-0.15, -0.1) is 0 Å². The molecule has 1 saturated carbocycles. The summed E-state index contributed by atoms with van der Waals surface area (Å²) in [6.45, 7) is 2.75. The molecule has 25 heavy (non-hydrogen) atoms. The number of nitrogens with two attached hydrogens (primary N) is 1. The van der Waals surface area contributed by atoms with Crippen molar-refractivity contribution in [2.24, 2.45) is 11.7 Å². The van der Waals surface area contributed by atoms with Crippen molar-refractivity contribution < 1.29 is 9.59 Å². The fraction of sp³-hybridized carbons (Fsp3) is 0.600. The fourth-order valence-corrected chi connectivity index (χ4v) is 4.20. The van der Waals surface area contributed by atoms with Crippen molar-refractivity contribution in [2.45, 2.75) is 44.6 Å². The van der Waals surface area contributed by atoms with E-state index >= 15 is 0 Å². The van der Waals surface area contributed by atoms with Gasteiger partial charge >= 0.3 is 0 Å². The van der Waals surface area contributed by atoms with Crippen molar-refractivity contribution in [2.75, 3.05) is 26.2 Å². The van der Waals surface area contributed by atoms with Crippen LogP contribution in [-0.4, -0.2) is 47.8 Å². The number of carbonyl (C=O) groups is 2. The zero-order chi connectivity index (χ0) is 17.6. The molecule has 0 radical (unpaired) electrons. The summed E-state index contributed by atoms with van der Waals surface area (Å²) in [5.41, 5.74) is 6.58. The van der Waals surface area contributed by atoms with Gasteiger partial charge in [-0.05, 0) is 17.9 Å². The summed E-state index contributed by atoms with van der Waals surface area (Å²) in [5.74, 6) is 0.691. The zero-order valence-corrected chi connectivity index (χ0v) is 14.9. The van der Waals surface area contributed by atoms with Crippen LogP contribution in [-0.2, 0) is 9.59 Å². The Hall–Kier alpha value is -1.88. The molecule has 1 aliphatic heterocycles. The van der Waals surface area contributed by atoms with Crippen LogP contribution in [0.1, 0.15) is 50.1 Å². The Labute approximate surface area is 150 Å². The van der Waals surface area contributed by atoms with Crippen LogP contribution in [0.15, 0.2) is 30.3 Å². The van der Waals surface area contributed by atoms with Crippen LogP contribution < -0.4 is 5.73 Å². The van der Waals surface area contributed by atoms with Gasteiger partial charge in [-0.2, -0.15) is 0 Å². The quantitative estimate of drug-likeness (QED) is 0.862. The number of rotatable bonds is 6. The van der Waals surface area contributed by atoms with Gasteiger partial charge in [0.2, 0.25) is 11.8 Å². The Kier molecular flexibility index (Phi) is 6.08. The Bertz CT molecular complexity index is 576. The topological polar surface area (TPSA) is 66.6 Å². The summed E-state index contributed by atoms with van der Waals surface area (Å²) in [6, 6.07) is 9.25.